The van der Waals surface area contributed by atoms with Crippen molar-refractivity contribution in [2.24, 2.45) is 0 Å². The molecule has 7 heteroatoms. The Labute approximate surface area is 153 Å². The highest BCUT2D eigenvalue weighted by molar-refractivity contribution is 8.13. The van der Waals surface area contributed by atoms with Crippen molar-refractivity contribution in [2.75, 3.05) is 32.1 Å². The summed E-state index contributed by atoms with van der Waals surface area (Å²) < 4.78 is 11.2. The van der Waals surface area contributed by atoms with Crippen molar-refractivity contribution in [2.45, 2.75) is 33.2 Å². The maximum absolute atomic E-state index is 12.2. The molecule has 0 aliphatic carbocycles. The van der Waals surface area contributed by atoms with Gasteiger partial charge in [0, 0.05) is 25.3 Å². The molecule has 2 rings (SSSR count). The Kier molecular flexibility index (Phi) is 7.43. The summed E-state index contributed by atoms with van der Waals surface area (Å²) in [6, 6.07) is 5.55. The van der Waals surface area contributed by atoms with E-state index in [0.717, 1.165) is 17.9 Å². The standard InChI is InChI=1S/C18H26N2O4S/c1-4-23-15-7-6-14(12-16(15)24-5-2)13(3)19-17(21)8-9-20-10-11-25-18(20)22/h6-7,12-13H,4-5,8-11H2,1-3H3,(H,19,21). The Morgan fingerprint density at radius 2 is 2.00 bits per heavy atom. The second-order valence-corrected chi connectivity index (χ2v) is 6.76. The molecule has 0 aromatic heterocycles. The van der Waals surface area contributed by atoms with Gasteiger partial charge in [-0.3, -0.25) is 9.59 Å². The Morgan fingerprint density at radius 3 is 2.64 bits per heavy atom. The monoisotopic (exact) mass is 366 g/mol. The van der Waals surface area contributed by atoms with Crippen LogP contribution in [0.1, 0.15) is 38.8 Å². The van der Waals surface area contributed by atoms with Gasteiger partial charge in [0.1, 0.15) is 0 Å². The predicted molar refractivity (Wildman–Crippen MR) is 99.4 cm³/mol. The maximum Gasteiger partial charge on any atom is 0.281 e. The number of hydrogen-bond acceptors (Lipinski definition) is 5. The van der Waals surface area contributed by atoms with Gasteiger partial charge >= 0.3 is 0 Å². The number of amides is 2. The van der Waals surface area contributed by atoms with Crippen molar-refractivity contribution >= 4 is 22.9 Å². The van der Waals surface area contributed by atoms with E-state index in [1.165, 1.54) is 11.8 Å². The van der Waals surface area contributed by atoms with E-state index < -0.39 is 0 Å². The first kappa shape index (κ1) is 19.4. The molecular weight excluding hydrogens is 340 g/mol. The van der Waals surface area contributed by atoms with E-state index in [2.05, 4.69) is 5.32 Å². The topological polar surface area (TPSA) is 67.9 Å². The van der Waals surface area contributed by atoms with Gasteiger partial charge in [-0.1, -0.05) is 17.8 Å². The largest absolute Gasteiger partial charge is 0.490 e. The highest BCUT2D eigenvalue weighted by Crippen LogP contribution is 2.30. The predicted octanol–water partition coefficient (Wildman–Crippen LogP) is 3.22. The van der Waals surface area contributed by atoms with Gasteiger partial charge in [0.05, 0.1) is 19.3 Å². The van der Waals surface area contributed by atoms with Crippen molar-refractivity contribution in [3.63, 3.8) is 0 Å². The summed E-state index contributed by atoms with van der Waals surface area (Å²) in [6.45, 7) is 8.09. The first-order valence-corrected chi connectivity index (χ1v) is 9.64. The van der Waals surface area contributed by atoms with Crippen LogP contribution in [0, 0.1) is 0 Å². The van der Waals surface area contributed by atoms with Crippen LogP contribution < -0.4 is 14.8 Å². The number of nitrogens with one attached hydrogen (secondary N) is 1. The fourth-order valence-electron chi connectivity index (χ4n) is 2.60. The van der Waals surface area contributed by atoms with Crippen molar-refractivity contribution in [1.82, 2.24) is 10.2 Å². The summed E-state index contributed by atoms with van der Waals surface area (Å²) in [5.41, 5.74) is 0.952. The quantitative estimate of drug-likeness (QED) is 0.727. The number of rotatable bonds is 9. The summed E-state index contributed by atoms with van der Waals surface area (Å²) in [5.74, 6) is 2.13. The lowest BCUT2D eigenvalue weighted by Gasteiger charge is -2.19. The minimum absolute atomic E-state index is 0.0636. The van der Waals surface area contributed by atoms with Crippen LogP contribution in [0.3, 0.4) is 0 Å². The number of carbonyl (C=O) groups excluding carboxylic acids is 2. The summed E-state index contributed by atoms with van der Waals surface area (Å²) in [4.78, 5) is 25.4. The summed E-state index contributed by atoms with van der Waals surface area (Å²) in [6.07, 6.45) is 0.311. The summed E-state index contributed by atoms with van der Waals surface area (Å²) in [7, 11) is 0. The molecule has 1 aromatic carbocycles. The lowest BCUT2D eigenvalue weighted by Crippen LogP contribution is -2.32. The van der Waals surface area contributed by atoms with Crippen LogP contribution in [0.2, 0.25) is 0 Å². The highest BCUT2D eigenvalue weighted by Gasteiger charge is 2.21. The van der Waals surface area contributed by atoms with Gasteiger partial charge in [0.15, 0.2) is 11.5 Å². The zero-order valence-electron chi connectivity index (χ0n) is 15.0. The molecule has 0 radical (unpaired) electrons. The zero-order chi connectivity index (χ0) is 18.2. The molecule has 0 saturated carbocycles. The first-order valence-electron chi connectivity index (χ1n) is 8.65. The molecule has 1 fully saturated rings. The van der Waals surface area contributed by atoms with E-state index in [-0.39, 0.29) is 17.2 Å². The van der Waals surface area contributed by atoms with Gasteiger partial charge in [-0.25, -0.2) is 0 Å². The number of hydrogen-bond donors (Lipinski definition) is 1. The van der Waals surface area contributed by atoms with Crippen LogP contribution in [0.5, 0.6) is 11.5 Å². The van der Waals surface area contributed by atoms with Crippen molar-refractivity contribution in [3.8, 4) is 11.5 Å². The molecule has 1 saturated heterocycles. The van der Waals surface area contributed by atoms with Crippen LogP contribution in [0.15, 0.2) is 18.2 Å². The lowest BCUT2D eigenvalue weighted by atomic mass is 10.1. The Bertz CT molecular complexity index is 609. The third-order valence-electron chi connectivity index (χ3n) is 3.90. The van der Waals surface area contributed by atoms with Gasteiger partial charge in [-0.2, -0.15) is 0 Å². The van der Waals surface area contributed by atoms with Crippen molar-refractivity contribution in [3.05, 3.63) is 23.8 Å². The number of benzene rings is 1. The molecule has 1 heterocycles. The molecular formula is C18H26N2O4S. The van der Waals surface area contributed by atoms with Gasteiger partial charge in [0.2, 0.25) is 5.91 Å². The molecule has 1 N–H and O–H groups in total. The zero-order valence-corrected chi connectivity index (χ0v) is 15.9. The van der Waals surface area contributed by atoms with Crippen molar-refractivity contribution in [1.29, 1.82) is 0 Å². The van der Waals surface area contributed by atoms with Crippen LogP contribution in [0.25, 0.3) is 0 Å². The molecule has 138 valence electrons. The van der Waals surface area contributed by atoms with Gasteiger partial charge in [-0.05, 0) is 38.5 Å². The Balaban J connectivity index is 1.92. The average Bonchev–Trinajstić information content (AvgIpc) is 3.00. The third-order valence-corrected chi connectivity index (χ3v) is 4.79. The Hall–Kier alpha value is -1.89. The molecule has 1 aliphatic heterocycles. The second-order valence-electron chi connectivity index (χ2n) is 5.71. The van der Waals surface area contributed by atoms with E-state index in [1.54, 1.807) is 4.90 Å². The molecule has 6 nitrogen and oxygen atoms in total. The van der Waals surface area contributed by atoms with Gasteiger partial charge < -0.3 is 19.7 Å². The fraction of sp³-hybridized carbons (Fsp3) is 0.556. The molecule has 1 aliphatic rings. The molecule has 2 amide bonds. The van der Waals surface area contributed by atoms with Crippen molar-refractivity contribution < 1.29 is 19.1 Å². The maximum atomic E-state index is 12.2. The van der Waals surface area contributed by atoms with Crippen LogP contribution in [-0.2, 0) is 4.79 Å². The number of carbonyl (C=O) groups is 2. The molecule has 0 spiro atoms. The second kappa shape index (κ2) is 9.56. The smallest absolute Gasteiger partial charge is 0.281 e. The third kappa shape index (κ3) is 5.56. The molecule has 1 aromatic rings. The minimum Gasteiger partial charge on any atom is -0.490 e. The normalized spacial score (nSPS) is 15.2. The molecule has 25 heavy (non-hydrogen) atoms. The lowest BCUT2D eigenvalue weighted by molar-refractivity contribution is -0.121. The molecule has 1 atom stereocenters. The van der Waals surface area contributed by atoms with Gasteiger partial charge in [0.25, 0.3) is 5.24 Å². The van der Waals surface area contributed by atoms with E-state index in [9.17, 15) is 9.59 Å². The van der Waals surface area contributed by atoms with Crippen LogP contribution >= 0.6 is 11.8 Å². The fourth-order valence-corrected chi connectivity index (χ4v) is 3.45. The number of thioether (sulfide) groups is 1. The SMILES string of the molecule is CCOc1ccc(C(C)NC(=O)CCN2CCSC2=O)cc1OCC. The average molecular weight is 366 g/mol. The summed E-state index contributed by atoms with van der Waals surface area (Å²) >= 11 is 1.31. The minimum atomic E-state index is -0.147. The Morgan fingerprint density at radius 1 is 1.28 bits per heavy atom. The van der Waals surface area contributed by atoms with E-state index in [0.29, 0.717) is 37.7 Å². The van der Waals surface area contributed by atoms with Gasteiger partial charge in [-0.15, -0.1) is 0 Å². The molecule has 0 bridgehead atoms. The molecule has 1 unspecified atom stereocenters. The first-order chi connectivity index (χ1) is 12.0. The number of ether oxygens (including phenoxy) is 2. The van der Waals surface area contributed by atoms with Crippen LogP contribution in [-0.4, -0.2) is 48.1 Å². The van der Waals surface area contributed by atoms with Crippen LogP contribution in [0.4, 0.5) is 4.79 Å². The van der Waals surface area contributed by atoms with E-state index in [4.69, 9.17) is 9.47 Å². The highest BCUT2D eigenvalue weighted by atomic mass is 32.2. The number of nitrogens with zero attached hydrogens (tertiary/aromatic N) is 1. The van der Waals surface area contributed by atoms with E-state index >= 15 is 0 Å². The summed E-state index contributed by atoms with van der Waals surface area (Å²) in [5, 5.41) is 3.04. The van der Waals surface area contributed by atoms with E-state index in [1.807, 2.05) is 39.0 Å².